The van der Waals surface area contributed by atoms with Crippen molar-refractivity contribution >= 4 is 5.97 Å². The molecule has 0 aliphatic rings. The average molecular weight is 203 g/mol. The molecule has 2 rings (SSSR count). The largest absolute Gasteiger partial charge is 0.475 e. The van der Waals surface area contributed by atoms with Crippen LogP contribution < -0.4 is 0 Å². The Kier molecular flexibility index (Phi) is 2.25. The summed E-state index contributed by atoms with van der Waals surface area (Å²) in [5, 5.41) is 8.91. The van der Waals surface area contributed by atoms with Crippen LogP contribution in [0.2, 0.25) is 0 Å². The highest BCUT2D eigenvalue weighted by atomic mass is 16.4. The Morgan fingerprint density at radius 3 is 2.60 bits per heavy atom. The Bertz CT molecular complexity index is 488. The Balaban J connectivity index is 2.58. The Labute approximate surface area is 86.2 Å². The van der Waals surface area contributed by atoms with Crippen molar-refractivity contribution in [2.75, 3.05) is 0 Å². The summed E-state index contributed by atoms with van der Waals surface area (Å²) in [6.45, 7) is 1.62. The molecule has 0 radical (unpaired) electrons. The maximum Gasteiger partial charge on any atom is 0.374 e. The van der Waals surface area contributed by atoms with Crippen molar-refractivity contribution in [2.45, 2.75) is 6.92 Å². The third kappa shape index (κ3) is 1.74. The fourth-order valence-corrected chi connectivity index (χ4v) is 1.36. The third-order valence-electron chi connectivity index (χ3n) is 1.98. The number of nitrogens with zero attached hydrogens (tertiary/aromatic N) is 1. The van der Waals surface area contributed by atoms with Gasteiger partial charge in [0.25, 0.3) is 0 Å². The Morgan fingerprint density at radius 1 is 1.33 bits per heavy atom. The molecule has 2 aromatic rings. The van der Waals surface area contributed by atoms with Gasteiger partial charge < -0.3 is 9.52 Å². The summed E-state index contributed by atoms with van der Waals surface area (Å²) in [6.07, 6.45) is 0. The molecule has 0 aliphatic heterocycles. The third-order valence-corrected chi connectivity index (χ3v) is 1.98. The molecule has 0 bridgehead atoms. The van der Waals surface area contributed by atoms with E-state index in [9.17, 15) is 4.79 Å². The van der Waals surface area contributed by atoms with E-state index in [2.05, 4.69) is 4.98 Å². The molecule has 1 N–H and O–H groups in total. The van der Waals surface area contributed by atoms with E-state index in [-0.39, 0.29) is 5.76 Å². The second-order valence-electron chi connectivity index (χ2n) is 3.08. The van der Waals surface area contributed by atoms with Gasteiger partial charge in [0, 0.05) is 12.5 Å². The van der Waals surface area contributed by atoms with Crippen molar-refractivity contribution in [3.05, 3.63) is 42.0 Å². The molecule has 0 atom stereocenters. The molecular weight excluding hydrogens is 194 g/mol. The zero-order valence-electron chi connectivity index (χ0n) is 8.10. The van der Waals surface area contributed by atoms with Crippen LogP contribution in [0.1, 0.15) is 16.4 Å². The fourth-order valence-electron chi connectivity index (χ4n) is 1.36. The standard InChI is InChI=1S/C11H9NO3/c1-7-12-9(10(15-7)11(13)14)8-5-3-2-4-6-8/h2-6H,1H3,(H,13,14). The number of carboxylic acid groups (broad SMARTS) is 1. The van der Waals surface area contributed by atoms with Crippen molar-refractivity contribution in [3.63, 3.8) is 0 Å². The molecule has 0 saturated carbocycles. The maximum absolute atomic E-state index is 10.9. The van der Waals surface area contributed by atoms with Crippen LogP contribution in [0.5, 0.6) is 0 Å². The van der Waals surface area contributed by atoms with Crippen molar-refractivity contribution in [1.29, 1.82) is 0 Å². The summed E-state index contributed by atoms with van der Waals surface area (Å²) in [4.78, 5) is 14.9. The van der Waals surface area contributed by atoms with Crippen molar-refractivity contribution in [2.24, 2.45) is 0 Å². The van der Waals surface area contributed by atoms with Crippen LogP contribution in [0.15, 0.2) is 34.7 Å². The molecule has 1 aromatic heterocycles. The molecule has 0 amide bonds. The molecule has 0 aliphatic carbocycles. The summed E-state index contributed by atoms with van der Waals surface area (Å²) in [6, 6.07) is 9.10. The molecule has 0 unspecified atom stereocenters. The Morgan fingerprint density at radius 2 is 2.00 bits per heavy atom. The molecule has 0 spiro atoms. The number of oxazole rings is 1. The number of aromatic carboxylic acids is 1. The average Bonchev–Trinajstić information content (AvgIpc) is 2.62. The number of benzene rings is 1. The number of rotatable bonds is 2. The van der Waals surface area contributed by atoms with Crippen LogP contribution in [0.25, 0.3) is 11.3 Å². The van der Waals surface area contributed by atoms with E-state index in [0.29, 0.717) is 11.6 Å². The van der Waals surface area contributed by atoms with E-state index >= 15 is 0 Å². The fraction of sp³-hybridized carbons (Fsp3) is 0.0909. The highest BCUT2D eigenvalue weighted by Crippen LogP contribution is 2.23. The normalized spacial score (nSPS) is 10.2. The first-order chi connectivity index (χ1) is 7.18. The van der Waals surface area contributed by atoms with E-state index in [1.54, 1.807) is 19.1 Å². The first-order valence-corrected chi connectivity index (χ1v) is 4.44. The lowest BCUT2D eigenvalue weighted by molar-refractivity contribution is 0.0662. The number of carbonyl (C=O) groups is 1. The van der Waals surface area contributed by atoms with Gasteiger partial charge in [-0.1, -0.05) is 30.3 Å². The molecule has 76 valence electrons. The van der Waals surface area contributed by atoms with Crippen LogP contribution in [0.3, 0.4) is 0 Å². The molecule has 15 heavy (non-hydrogen) atoms. The van der Waals surface area contributed by atoms with Crippen LogP contribution in [0, 0.1) is 6.92 Å². The van der Waals surface area contributed by atoms with Crippen LogP contribution in [0.4, 0.5) is 0 Å². The van der Waals surface area contributed by atoms with Gasteiger partial charge in [0.15, 0.2) is 5.89 Å². The number of carboxylic acids is 1. The van der Waals surface area contributed by atoms with Gasteiger partial charge in [0.2, 0.25) is 5.76 Å². The van der Waals surface area contributed by atoms with E-state index < -0.39 is 5.97 Å². The molecule has 1 heterocycles. The number of hydrogen-bond acceptors (Lipinski definition) is 3. The van der Waals surface area contributed by atoms with Crippen LogP contribution in [-0.4, -0.2) is 16.1 Å². The van der Waals surface area contributed by atoms with Gasteiger partial charge >= 0.3 is 5.97 Å². The lowest BCUT2D eigenvalue weighted by atomic mass is 10.1. The van der Waals surface area contributed by atoms with Gasteiger partial charge in [-0.2, -0.15) is 0 Å². The molecule has 0 saturated heterocycles. The summed E-state index contributed by atoms with van der Waals surface area (Å²) in [5.41, 5.74) is 1.12. The summed E-state index contributed by atoms with van der Waals surface area (Å²) < 4.78 is 5.02. The van der Waals surface area contributed by atoms with Crippen molar-refractivity contribution < 1.29 is 14.3 Å². The smallest absolute Gasteiger partial charge is 0.374 e. The number of aryl methyl sites for hydroxylation is 1. The lowest BCUT2D eigenvalue weighted by Gasteiger charge is -1.95. The SMILES string of the molecule is Cc1nc(-c2ccccc2)c(C(=O)O)o1. The first-order valence-electron chi connectivity index (χ1n) is 4.44. The quantitative estimate of drug-likeness (QED) is 0.813. The van der Waals surface area contributed by atoms with E-state index in [4.69, 9.17) is 9.52 Å². The topological polar surface area (TPSA) is 63.3 Å². The highest BCUT2D eigenvalue weighted by Gasteiger charge is 2.18. The summed E-state index contributed by atoms with van der Waals surface area (Å²) in [5.74, 6) is -0.862. The minimum atomic E-state index is -1.10. The van der Waals surface area contributed by atoms with Gasteiger partial charge in [-0.3, -0.25) is 0 Å². The molecule has 1 aromatic carbocycles. The predicted molar refractivity (Wildman–Crippen MR) is 53.6 cm³/mol. The maximum atomic E-state index is 10.9. The highest BCUT2D eigenvalue weighted by molar-refractivity contribution is 5.91. The van der Waals surface area contributed by atoms with Crippen LogP contribution in [-0.2, 0) is 0 Å². The Hall–Kier alpha value is -2.10. The van der Waals surface area contributed by atoms with E-state index in [1.165, 1.54) is 0 Å². The first kappa shape index (κ1) is 9.45. The molecule has 4 heteroatoms. The molecular formula is C11H9NO3. The van der Waals surface area contributed by atoms with E-state index in [0.717, 1.165) is 5.56 Å². The molecule has 0 fully saturated rings. The van der Waals surface area contributed by atoms with Gasteiger partial charge in [0.1, 0.15) is 5.69 Å². The van der Waals surface area contributed by atoms with Gasteiger partial charge in [0.05, 0.1) is 0 Å². The molecule has 4 nitrogen and oxygen atoms in total. The van der Waals surface area contributed by atoms with Crippen LogP contribution >= 0.6 is 0 Å². The van der Waals surface area contributed by atoms with Crippen molar-refractivity contribution in [3.8, 4) is 11.3 Å². The van der Waals surface area contributed by atoms with Crippen molar-refractivity contribution in [1.82, 2.24) is 4.98 Å². The summed E-state index contributed by atoms with van der Waals surface area (Å²) >= 11 is 0. The zero-order chi connectivity index (χ0) is 10.8. The lowest BCUT2D eigenvalue weighted by Crippen LogP contribution is -1.96. The monoisotopic (exact) mass is 203 g/mol. The van der Waals surface area contributed by atoms with Gasteiger partial charge in [-0.15, -0.1) is 0 Å². The van der Waals surface area contributed by atoms with Gasteiger partial charge in [-0.05, 0) is 0 Å². The second-order valence-corrected chi connectivity index (χ2v) is 3.08. The number of aromatic nitrogens is 1. The minimum absolute atomic E-state index is 0.112. The number of hydrogen-bond donors (Lipinski definition) is 1. The zero-order valence-corrected chi connectivity index (χ0v) is 8.10. The van der Waals surface area contributed by atoms with Gasteiger partial charge in [-0.25, -0.2) is 9.78 Å². The van der Waals surface area contributed by atoms with E-state index in [1.807, 2.05) is 18.2 Å². The predicted octanol–water partition coefficient (Wildman–Crippen LogP) is 2.35. The second kappa shape index (κ2) is 3.57. The summed E-state index contributed by atoms with van der Waals surface area (Å²) in [7, 11) is 0. The minimum Gasteiger partial charge on any atom is -0.475 e.